The molecule has 0 saturated carbocycles. The van der Waals surface area contributed by atoms with Crippen molar-refractivity contribution in [2.75, 3.05) is 0 Å². The third kappa shape index (κ3) is 5.03. The highest BCUT2D eigenvalue weighted by atomic mass is 35.5. The topological polar surface area (TPSA) is 24.1 Å². The fraction of sp³-hybridized carbons (Fsp3) is 0.176. The first kappa shape index (κ1) is 15.8. The Morgan fingerprint density at radius 2 is 2.10 bits per heavy atom. The van der Waals surface area contributed by atoms with E-state index in [0.717, 1.165) is 29.3 Å². The summed E-state index contributed by atoms with van der Waals surface area (Å²) in [5.41, 5.74) is 3.06. The van der Waals surface area contributed by atoms with Crippen LogP contribution >= 0.6 is 23.5 Å². The van der Waals surface area contributed by atoms with Crippen LogP contribution in [0.25, 0.3) is 0 Å². The number of aryl methyl sites for hydroxylation is 1. The van der Waals surface area contributed by atoms with Gasteiger partial charge in [0.1, 0.15) is 0 Å². The molecule has 0 aliphatic carbocycles. The number of rotatable bonds is 4. The summed E-state index contributed by atoms with van der Waals surface area (Å²) in [6, 6.07) is 8.54. The molecule has 4 heteroatoms. The van der Waals surface area contributed by atoms with Crippen molar-refractivity contribution in [3.63, 3.8) is 0 Å². The smallest absolute Gasteiger partial charge is 0.0674 e. The second-order valence-corrected chi connectivity index (χ2v) is 5.99. The fourth-order valence-electron chi connectivity index (χ4n) is 1.75. The molecular weight excluding hydrogens is 300 g/mol. The Hall–Kier alpha value is -1.58. The van der Waals surface area contributed by atoms with E-state index < -0.39 is 0 Å². The zero-order valence-electron chi connectivity index (χ0n) is 12.0. The van der Waals surface area contributed by atoms with Crippen LogP contribution < -0.4 is 10.0 Å². The maximum atomic E-state index is 6.04. The van der Waals surface area contributed by atoms with Gasteiger partial charge in [-0.1, -0.05) is 49.4 Å². The molecule has 0 spiro atoms. The SMILES string of the molecule is C=C1N/C=C(/Cl)C/C=C\C=C/1NSc1ccc(CC)cc1. The van der Waals surface area contributed by atoms with Gasteiger partial charge >= 0.3 is 0 Å². The van der Waals surface area contributed by atoms with E-state index in [1.165, 1.54) is 10.5 Å². The summed E-state index contributed by atoms with van der Waals surface area (Å²) < 4.78 is 3.33. The number of benzene rings is 1. The number of hydrogen-bond donors (Lipinski definition) is 2. The molecule has 1 aromatic carbocycles. The molecule has 21 heavy (non-hydrogen) atoms. The lowest BCUT2D eigenvalue weighted by molar-refractivity contribution is 1.03. The first-order valence-corrected chi connectivity index (χ1v) is 8.07. The molecular formula is C17H19ClN2S. The Morgan fingerprint density at radius 3 is 2.81 bits per heavy atom. The van der Waals surface area contributed by atoms with E-state index >= 15 is 0 Å². The third-order valence-electron chi connectivity index (χ3n) is 3.05. The number of halogens is 1. The predicted molar refractivity (Wildman–Crippen MR) is 92.9 cm³/mol. The van der Waals surface area contributed by atoms with E-state index in [2.05, 4.69) is 47.8 Å². The van der Waals surface area contributed by atoms with Crippen molar-refractivity contribution in [1.29, 1.82) is 0 Å². The van der Waals surface area contributed by atoms with Gasteiger partial charge in [-0.15, -0.1) is 0 Å². The van der Waals surface area contributed by atoms with Crippen LogP contribution in [0.2, 0.25) is 0 Å². The van der Waals surface area contributed by atoms with Gasteiger partial charge in [-0.2, -0.15) is 0 Å². The molecule has 2 nitrogen and oxygen atoms in total. The third-order valence-corrected chi connectivity index (χ3v) is 4.14. The van der Waals surface area contributed by atoms with Gasteiger partial charge in [-0.25, -0.2) is 0 Å². The first-order chi connectivity index (χ1) is 10.2. The number of nitrogens with one attached hydrogen (secondary N) is 2. The zero-order valence-corrected chi connectivity index (χ0v) is 13.6. The summed E-state index contributed by atoms with van der Waals surface area (Å²) in [7, 11) is 0. The van der Waals surface area contributed by atoms with Gasteiger partial charge in [0, 0.05) is 22.5 Å². The van der Waals surface area contributed by atoms with Crippen LogP contribution in [0.1, 0.15) is 18.9 Å². The quantitative estimate of drug-likeness (QED) is 0.774. The monoisotopic (exact) mass is 318 g/mol. The Kier molecular flexibility index (Phi) is 6.03. The normalized spacial score (nSPS) is 21.7. The van der Waals surface area contributed by atoms with E-state index in [1.807, 2.05) is 18.2 Å². The zero-order chi connectivity index (χ0) is 15.1. The summed E-state index contributed by atoms with van der Waals surface area (Å²) in [6.07, 6.45) is 9.54. The summed E-state index contributed by atoms with van der Waals surface area (Å²) in [6.45, 7) is 6.18. The van der Waals surface area contributed by atoms with Gasteiger partial charge in [0.05, 0.1) is 11.4 Å². The lowest BCUT2D eigenvalue weighted by atomic mass is 10.2. The molecule has 0 atom stereocenters. The van der Waals surface area contributed by atoms with E-state index in [9.17, 15) is 0 Å². The van der Waals surface area contributed by atoms with Crippen LogP contribution in [0.15, 0.2) is 76.6 Å². The van der Waals surface area contributed by atoms with Gasteiger partial charge in [-0.05, 0) is 42.1 Å². The maximum Gasteiger partial charge on any atom is 0.0674 e. The average Bonchev–Trinajstić information content (AvgIpc) is 2.59. The second kappa shape index (κ2) is 8.01. The molecule has 0 aromatic heterocycles. The van der Waals surface area contributed by atoms with Crippen molar-refractivity contribution < 1.29 is 0 Å². The van der Waals surface area contributed by atoms with E-state index in [1.54, 1.807) is 18.1 Å². The van der Waals surface area contributed by atoms with Crippen molar-refractivity contribution in [3.8, 4) is 0 Å². The van der Waals surface area contributed by atoms with E-state index in [4.69, 9.17) is 11.6 Å². The largest absolute Gasteiger partial charge is 0.359 e. The predicted octanol–water partition coefficient (Wildman–Crippen LogP) is 4.87. The van der Waals surface area contributed by atoms with Crippen LogP contribution in [0, 0.1) is 0 Å². The minimum atomic E-state index is 0.719. The highest BCUT2D eigenvalue weighted by Gasteiger charge is 2.03. The molecule has 1 aliphatic heterocycles. The maximum absolute atomic E-state index is 6.04. The highest BCUT2D eigenvalue weighted by molar-refractivity contribution is 7.97. The van der Waals surface area contributed by atoms with Crippen molar-refractivity contribution in [1.82, 2.24) is 10.0 Å². The summed E-state index contributed by atoms with van der Waals surface area (Å²) in [5.74, 6) is 0. The van der Waals surface area contributed by atoms with Crippen molar-refractivity contribution >= 4 is 23.5 Å². The number of allylic oxidation sites excluding steroid dienone is 4. The molecule has 110 valence electrons. The van der Waals surface area contributed by atoms with Gasteiger partial charge in [0.25, 0.3) is 0 Å². The Labute approximate surface area is 135 Å². The van der Waals surface area contributed by atoms with E-state index in [0.29, 0.717) is 0 Å². The van der Waals surface area contributed by atoms with Crippen LogP contribution in [0.4, 0.5) is 0 Å². The molecule has 1 aliphatic rings. The summed E-state index contributed by atoms with van der Waals surface area (Å²) >= 11 is 7.61. The van der Waals surface area contributed by atoms with Gasteiger partial charge in [0.2, 0.25) is 0 Å². The van der Waals surface area contributed by atoms with Gasteiger partial charge in [0.15, 0.2) is 0 Å². The van der Waals surface area contributed by atoms with Gasteiger partial charge in [-0.3, -0.25) is 0 Å². The Balaban J connectivity index is 2.01. The molecule has 0 saturated heterocycles. The van der Waals surface area contributed by atoms with Crippen LogP contribution in [-0.2, 0) is 6.42 Å². The fourth-order valence-corrected chi connectivity index (χ4v) is 2.59. The first-order valence-electron chi connectivity index (χ1n) is 6.88. The molecule has 2 rings (SSSR count). The van der Waals surface area contributed by atoms with E-state index in [-0.39, 0.29) is 0 Å². The van der Waals surface area contributed by atoms with Crippen molar-refractivity contribution in [2.45, 2.75) is 24.7 Å². The van der Waals surface area contributed by atoms with Crippen molar-refractivity contribution in [2.24, 2.45) is 0 Å². The Bertz CT molecular complexity index is 585. The lowest BCUT2D eigenvalue weighted by Gasteiger charge is -2.12. The van der Waals surface area contributed by atoms with Crippen LogP contribution in [-0.4, -0.2) is 0 Å². The summed E-state index contributed by atoms with van der Waals surface area (Å²) in [5, 5.41) is 3.86. The molecule has 0 radical (unpaired) electrons. The minimum absolute atomic E-state index is 0.719. The minimum Gasteiger partial charge on any atom is -0.359 e. The molecule has 0 unspecified atom stereocenters. The molecule has 1 heterocycles. The standard InChI is InChI=1S/C17H19ClN2S/c1-3-14-8-10-16(11-9-14)21-20-17-7-5-4-6-15(18)12-19-13(17)2/h4-5,7-12,19-20H,2-3,6H2,1H3/b5-4-,15-12+,17-7+. The summed E-state index contributed by atoms with van der Waals surface area (Å²) in [4.78, 5) is 1.17. The highest BCUT2D eigenvalue weighted by Crippen LogP contribution is 2.19. The Morgan fingerprint density at radius 1 is 1.33 bits per heavy atom. The van der Waals surface area contributed by atoms with Gasteiger partial charge < -0.3 is 10.0 Å². The van der Waals surface area contributed by atoms with Crippen LogP contribution in [0.3, 0.4) is 0 Å². The van der Waals surface area contributed by atoms with Crippen LogP contribution in [0.5, 0.6) is 0 Å². The number of hydrogen-bond acceptors (Lipinski definition) is 3. The molecule has 0 fully saturated rings. The second-order valence-electron chi connectivity index (χ2n) is 4.63. The average molecular weight is 319 g/mol. The van der Waals surface area contributed by atoms with Crippen molar-refractivity contribution in [3.05, 3.63) is 77.3 Å². The molecule has 0 amide bonds. The molecule has 1 aromatic rings. The molecule has 2 N–H and O–H groups in total. The lowest BCUT2D eigenvalue weighted by Crippen LogP contribution is -2.14. The molecule has 0 bridgehead atoms.